The lowest BCUT2D eigenvalue weighted by Gasteiger charge is -2.28. The van der Waals surface area contributed by atoms with Gasteiger partial charge in [-0.15, -0.1) is 0 Å². The number of ether oxygens (including phenoxy) is 2. The van der Waals surface area contributed by atoms with Crippen molar-refractivity contribution >= 4 is 11.7 Å². The quantitative estimate of drug-likeness (QED) is 0.729. The van der Waals surface area contributed by atoms with Crippen molar-refractivity contribution in [3.8, 4) is 11.5 Å². The maximum atomic E-state index is 12.3. The fourth-order valence-electron chi connectivity index (χ4n) is 2.93. The first-order chi connectivity index (χ1) is 11.8. The van der Waals surface area contributed by atoms with E-state index in [-0.39, 0.29) is 29.9 Å². The number of hydrogen-bond acceptors (Lipinski definition) is 5. The zero-order valence-electron chi connectivity index (χ0n) is 15.6. The molecule has 0 saturated carbocycles. The molecule has 0 aliphatic carbocycles. The molecule has 0 saturated heterocycles. The summed E-state index contributed by atoms with van der Waals surface area (Å²) in [6.45, 7) is 6.67. The number of nitrogens with zero attached hydrogens (tertiary/aromatic N) is 1. The van der Waals surface area contributed by atoms with Crippen LogP contribution in [0.2, 0.25) is 0 Å². The molecule has 0 aromatic heterocycles. The van der Waals surface area contributed by atoms with Crippen molar-refractivity contribution < 1.29 is 19.1 Å². The number of Topliss-reactive ketones (excluding diaryl/α,β-unsaturated/α-hetero) is 1. The van der Waals surface area contributed by atoms with Gasteiger partial charge in [-0.1, -0.05) is 13.8 Å². The fourth-order valence-corrected chi connectivity index (χ4v) is 2.93. The summed E-state index contributed by atoms with van der Waals surface area (Å²) in [5.41, 5.74) is 0.531. The summed E-state index contributed by atoms with van der Waals surface area (Å²) in [4.78, 5) is 26.4. The van der Waals surface area contributed by atoms with E-state index >= 15 is 0 Å². The molecule has 0 atom stereocenters. The first-order valence-corrected chi connectivity index (χ1v) is 8.61. The molecule has 0 radical (unpaired) electrons. The third-order valence-corrected chi connectivity index (χ3v) is 3.95. The van der Waals surface area contributed by atoms with E-state index in [1.165, 1.54) is 0 Å². The summed E-state index contributed by atoms with van der Waals surface area (Å²) >= 11 is 0. The van der Waals surface area contributed by atoms with Gasteiger partial charge in [-0.25, -0.2) is 0 Å². The van der Waals surface area contributed by atoms with E-state index in [1.807, 2.05) is 14.1 Å². The van der Waals surface area contributed by atoms with Gasteiger partial charge in [0.25, 0.3) is 0 Å². The second-order valence-corrected chi connectivity index (χ2v) is 7.46. The molecule has 1 aromatic carbocycles. The predicted octanol–water partition coefficient (Wildman–Crippen LogP) is 2.12. The summed E-state index contributed by atoms with van der Waals surface area (Å²) in [6.07, 6.45) is 0.366. The molecule has 1 aromatic rings. The van der Waals surface area contributed by atoms with E-state index in [1.54, 1.807) is 18.2 Å². The molecule has 0 unspecified atom stereocenters. The van der Waals surface area contributed by atoms with Crippen LogP contribution in [-0.2, 0) is 4.79 Å². The Morgan fingerprint density at radius 3 is 2.48 bits per heavy atom. The first kappa shape index (κ1) is 19.2. The highest BCUT2D eigenvalue weighted by Gasteiger charge is 2.20. The Labute approximate surface area is 149 Å². The average molecular weight is 348 g/mol. The molecule has 1 aliphatic rings. The van der Waals surface area contributed by atoms with Crippen LogP contribution < -0.4 is 14.8 Å². The standard InChI is InChI=1S/C19H28N2O4/c1-19(2,13-21(3)4)12-20-18(23)8-6-15(22)14-5-7-16-17(11-14)25-10-9-24-16/h5,7,11H,6,8-10,12-13H2,1-4H3,(H,20,23). The Morgan fingerprint density at radius 2 is 1.80 bits per heavy atom. The van der Waals surface area contributed by atoms with E-state index in [4.69, 9.17) is 9.47 Å². The van der Waals surface area contributed by atoms with Crippen molar-refractivity contribution in [2.45, 2.75) is 26.7 Å². The van der Waals surface area contributed by atoms with Gasteiger partial charge in [0.15, 0.2) is 17.3 Å². The van der Waals surface area contributed by atoms with Crippen molar-refractivity contribution in [2.75, 3.05) is 40.4 Å². The number of ketones is 1. The van der Waals surface area contributed by atoms with Crippen molar-refractivity contribution in [1.82, 2.24) is 10.2 Å². The maximum absolute atomic E-state index is 12.3. The Kier molecular flexibility index (Phi) is 6.42. The second kappa shape index (κ2) is 8.34. The molecule has 1 aliphatic heterocycles. The van der Waals surface area contributed by atoms with Crippen LogP contribution >= 0.6 is 0 Å². The predicted molar refractivity (Wildman–Crippen MR) is 96.3 cm³/mol. The maximum Gasteiger partial charge on any atom is 0.220 e. The lowest BCUT2D eigenvalue weighted by Crippen LogP contribution is -2.40. The summed E-state index contributed by atoms with van der Waals surface area (Å²) < 4.78 is 10.9. The van der Waals surface area contributed by atoms with Crippen LogP contribution in [0.3, 0.4) is 0 Å². The SMILES string of the molecule is CN(C)CC(C)(C)CNC(=O)CCC(=O)c1ccc2c(c1)OCCO2. The van der Waals surface area contributed by atoms with Gasteiger partial charge < -0.3 is 19.7 Å². The monoisotopic (exact) mass is 348 g/mol. The summed E-state index contributed by atoms with van der Waals surface area (Å²) in [6, 6.07) is 5.15. The van der Waals surface area contributed by atoms with E-state index in [0.29, 0.717) is 36.8 Å². The minimum Gasteiger partial charge on any atom is -0.486 e. The van der Waals surface area contributed by atoms with Gasteiger partial charge in [0, 0.05) is 31.5 Å². The van der Waals surface area contributed by atoms with E-state index in [9.17, 15) is 9.59 Å². The highest BCUT2D eigenvalue weighted by Crippen LogP contribution is 2.31. The summed E-state index contributed by atoms with van der Waals surface area (Å²) in [5.74, 6) is 1.08. The van der Waals surface area contributed by atoms with Gasteiger partial charge in [0.05, 0.1) is 0 Å². The molecule has 2 rings (SSSR count). The van der Waals surface area contributed by atoms with Crippen molar-refractivity contribution in [3.05, 3.63) is 23.8 Å². The minimum absolute atomic E-state index is 0.0149. The molecular weight excluding hydrogens is 320 g/mol. The second-order valence-electron chi connectivity index (χ2n) is 7.46. The minimum atomic E-state index is -0.0993. The number of amides is 1. The van der Waals surface area contributed by atoms with E-state index in [2.05, 4.69) is 24.1 Å². The van der Waals surface area contributed by atoms with Gasteiger partial charge in [-0.3, -0.25) is 9.59 Å². The first-order valence-electron chi connectivity index (χ1n) is 8.61. The average Bonchev–Trinajstić information content (AvgIpc) is 2.56. The Balaban J connectivity index is 1.80. The van der Waals surface area contributed by atoms with Crippen LogP contribution in [0.4, 0.5) is 0 Å². The highest BCUT2D eigenvalue weighted by atomic mass is 16.6. The molecule has 138 valence electrons. The van der Waals surface area contributed by atoms with Crippen LogP contribution in [0.25, 0.3) is 0 Å². The Hall–Kier alpha value is -2.08. The van der Waals surface area contributed by atoms with Gasteiger partial charge in [0.2, 0.25) is 5.91 Å². The topological polar surface area (TPSA) is 67.9 Å². The lowest BCUT2D eigenvalue weighted by atomic mass is 9.93. The smallest absolute Gasteiger partial charge is 0.220 e. The van der Waals surface area contributed by atoms with Crippen molar-refractivity contribution in [2.24, 2.45) is 5.41 Å². The number of carbonyl (C=O) groups is 2. The molecule has 6 nitrogen and oxygen atoms in total. The normalized spacial score (nSPS) is 13.6. The van der Waals surface area contributed by atoms with Crippen LogP contribution in [-0.4, -0.2) is 57.0 Å². The molecule has 0 fully saturated rings. The zero-order chi connectivity index (χ0) is 18.4. The van der Waals surface area contributed by atoms with Crippen LogP contribution in [0, 0.1) is 5.41 Å². The molecule has 0 bridgehead atoms. The molecule has 25 heavy (non-hydrogen) atoms. The van der Waals surface area contributed by atoms with Gasteiger partial charge in [-0.05, 0) is 37.7 Å². The van der Waals surface area contributed by atoms with Crippen molar-refractivity contribution in [3.63, 3.8) is 0 Å². The Morgan fingerprint density at radius 1 is 1.12 bits per heavy atom. The number of rotatable bonds is 8. The molecule has 1 N–H and O–H groups in total. The third kappa shape index (κ3) is 6.05. The largest absolute Gasteiger partial charge is 0.486 e. The van der Waals surface area contributed by atoms with Gasteiger partial charge in [0.1, 0.15) is 13.2 Å². The highest BCUT2D eigenvalue weighted by molar-refractivity contribution is 5.98. The number of hydrogen-bond donors (Lipinski definition) is 1. The van der Waals surface area contributed by atoms with Gasteiger partial charge in [-0.2, -0.15) is 0 Å². The molecule has 1 amide bonds. The Bertz CT molecular complexity index is 626. The number of benzene rings is 1. The number of fused-ring (bicyclic) bond motifs is 1. The summed E-state index contributed by atoms with van der Waals surface area (Å²) in [7, 11) is 4.02. The third-order valence-electron chi connectivity index (χ3n) is 3.95. The fraction of sp³-hybridized carbons (Fsp3) is 0.579. The van der Waals surface area contributed by atoms with E-state index in [0.717, 1.165) is 6.54 Å². The van der Waals surface area contributed by atoms with Gasteiger partial charge >= 0.3 is 0 Å². The van der Waals surface area contributed by atoms with Crippen molar-refractivity contribution in [1.29, 1.82) is 0 Å². The summed E-state index contributed by atoms with van der Waals surface area (Å²) in [5, 5.41) is 2.92. The van der Waals surface area contributed by atoms with Crippen LogP contribution in [0.1, 0.15) is 37.0 Å². The molecular formula is C19H28N2O4. The van der Waals surface area contributed by atoms with E-state index < -0.39 is 0 Å². The zero-order valence-corrected chi connectivity index (χ0v) is 15.6. The molecule has 1 heterocycles. The molecule has 0 spiro atoms. The van der Waals surface area contributed by atoms with Crippen LogP contribution in [0.15, 0.2) is 18.2 Å². The van der Waals surface area contributed by atoms with Crippen LogP contribution in [0.5, 0.6) is 11.5 Å². The number of nitrogens with one attached hydrogen (secondary N) is 1. The molecule has 6 heteroatoms. The lowest BCUT2D eigenvalue weighted by molar-refractivity contribution is -0.121. The number of carbonyl (C=O) groups excluding carboxylic acids is 2.